The molecule has 0 amide bonds. The van der Waals surface area contributed by atoms with Gasteiger partial charge >= 0.3 is 0 Å². The van der Waals surface area contributed by atoms with Crippen molar-refractivity contribution >= 4 is 6.08 Å². The molecule has 0 fully saturated rings. The zero-order valence-corrected chi connectivity index (χ0v) is 10.8. The zero-order valence-electron chi connectivity index (χ0n) is 10.8. The van der Waals surface area contributed by atoms with E-state index in [0.717, 1.165) is 13.1 Å². The molecule has 2 aromatic rings. The first kappa shape index (κ1) is 12.6. The summed E-state index contributed by atoms with van der Waals surface area (Å²) in [5.74, 6) is 0. The maximum Gasteiger partial charge on any atom is 0.0211 e. The first-order valence-corrected chi connectivity index (χ1v) is 6.33. The number of benzene rings is 2. The summed E-state index contributed by atoms with van der Waals surface area (Å²) in [6.45, 7) is 3.96. The van der Waals surface area contributed by atoms with Crippen molar-refractivity contribution in [3.05, 3.63) is 77.4 Å². The van der Waals surface area contributed by atoms with Crippen LogP contribution in [0.4, 0.5) is 0 Å². The number of hydrogen-bond acceptors (Lipinski definition) is 1. The summed E-state index contributed by atoms with van der Waals surface area (Å²) in [6, 6.07) is 18.8. The minimum absolute atomic E-state index is 0.892. The molecule has 92 valence electrons. The lowest BCUT2D eigenvalue weighted by Gasteiger charge is -2.05. The van der Waals surface area contributed by atoms with Crippen molar-refractivity contribution in [2.45, 2.75) is 13.5 Å². The average Bonchev–Trinajstić information content (AvgIpc) is 2.42. The van der Waals surface area contributed by atoms with Crippen LogP contribution in [-0.4, -0.2) is 6.54 Å². The molecule has 1 nitrogen and oxygen atoms in total. The Hall–Kier alpha value is -1.86. The number of rotatable bonds is 5. The van der Waals surface area contributed by atoms with Crippen LogP contribution >= 0.6 is 0 Å². The van der Waals surface area contributed by atoms with Gasteiger partial charge in [-0.2, -0.15) is 0 Å². The van der Waals surface area contributed by atoms with E-state index >= 15 is 0 Å². The van der Waals surface area contributed by atoms with E-state index in [9.17, 15) is 0 Å². The fourth-order valence-corrected chi connectivity index (χ4v) is 1.86. The predicted octanol–water partition coefficient (Wildman–Crippen LogP) is 3.80. The van der Waals surface area contributed by atoms with Gasteiger partial charge in [-0.15, -0.1) is 0 Å². The zero-order chi connectivity index (χ0) is 12.6. The van der Waals surface area contributed by atoms with Crippen molar-refractivity contribution in [2.24, 2.45) is 0 Å². The third-order valence-corrected chi connectivity index (χ3v) is 2.95. The van der Waals surface area contributed by atoms with E-state index in [0.29, 0.717) is 0 Å². The molecule has 0 saturated heterocycles. The van der Waals surface area contributed by atoms with Gasteiger partial charge in [0.1, 0.15) is 0 Å². The van der Waals surface area contributed by atoms with Gasteiger partial charge in [0.25, 0.3) is 0 Å². The molecule has 0 atom stereocenters. The molecule has 2 aromatic carbocycles. The molecule has 0 bridgehead atoms. The third-order valence-electron chi connectivity index (χ3n) is 2.95. The molecule has 0 radical (unpaired) electrons. The monoisotopic (exact) mass is 237 g/mol. The second-order valence-electron chi connectivity index (χ2n) is 4.37. The van der Waals surface area contributed by atoms with E-state index in [4.69, 9.17) is 0 Å². The molecule has 0 aliphatic heterocycles. The Morgan fingerprint density at radius 3 is 2.44 bits per heavy atom. The summed E-state index contributed by atoms with van der Waals surface area (Å²) in [7, 11) is 0. The van der Waals surface area contributed by atoms with Gasteiger partial charge in [-0.25, -0.2) is 0 Å². The molecular weight excluding hydrogens is 218 g/mol. The number of aryl methyl sites for hydroxylation is 1. The van der Waals surface area contributed by atoms with E-state index < -0.39 is 0 Å². The van der Waals surface area contributed by atoms with Crippen LogP contribution in [-0.2, 0) is 6.54 Å². The molecule has 0 unspecified atom stereocenters. The van der Waals surface area contributed by atoms with Crippen LogP contribution in [0, 0.1) is 6.92 Å². The molecule has 0 saturated carbocycles. The van der Waals surface area contributed by atoms with Gasteiger partial charge in [0.15, 0.2) is 0 Å². The van der Waals surface area contributed by atoms with Crippen LogP contribution in [0.25, 0.3) is 6.08 Å². The fraction of sp³-hybridized carbons (Fsp3) is 0.176. The number of nitrogens with one attached hydrogen (secondary N) is 1. The Bertz CT molecular complexity index is 500. The smallest absolute Gasteiger partial charge is 0.0211 e. The largest absolute Gasteiger partial charge is 0.309 e. The van der Waals surface area contributed by atoms with E-state index in [1.807, 2.05) is 6.07 Å². The highest BCUT2D eigenvalue weighted by atomic mass is 14.8. The highest BCUT2D eigenvalue weighted by molar-refractivity contribution is 5.48. The molecular formula is C17H19N. The first-order chi connectivity index (χ1) is 8.86. The first-order valence-electron chi connectivity index (χ1n) is 6.33. The predicted molar refractivity (Wildman–Crippen MR) is 78.4 cm³/mol. The van der Waals surface area contributed by atoms with Crippen molar-refractivity contribution in [3.63, 3.8) is 0 Å². The topological polar surface area (TPSA) is 12.0 Å². The van der Waals surface area contributed by atoms with Crippen molar-refractivity contribution in [1.82, 2.24) is 5.32 Å². The van der Waals surface area contributed by atoms with Crippen LogP contribution in [0.15, 0.2) is 60.7 Å². The Labute approximate surface area is 109 Å². The van der Waals surface area contributed by atoms with Crippen molar-refractivity contribution in [2.75, 3.05) is 6.54 Å². The van der Waals surface area contributed by atoms with Crippen molar-refractivity contribution < 1.29 is 0 Å². The van der Waals surface area contributed by atoms with Crippen LogP contribution < -0.4 is 5.32 Å². The van der Waals surface area contributed by atoms with Gasteiger partial charge in [-0.3, -0.25) is 0 Å². The number of hydrogen-bond donors (Lipinski definition) is 1. The molecule has 1 N–H and O–H groups in total. The van der Waals surface area contributed by atoms with Crippen LogP contribution in [0.2, 0.25) is 0 Å². The molecule has 1 heteroatoms. The Balaban J connectivity index is 1.77. The van der Waals surface area contributed by atoms with Crippen LogP contribution in [0.5, 0.6) is 0 Å². The van der Waals surface area contributed by atoms with Gasteiger partial charge in [-0.05, 0) is 23.6 Å². The Morgan fingerprint density at radius 1 is 0.944 bits per heavy atom. The Morgan fingerprint density at radius 2 is 1.67 bits per heavy atom. The van der Waals surface area contributed by atoms with Crippen LogP contribution in [0.1, 0.15) is 16.7 Å². The van der Waals surface area contributed by atoms with Crippen molar-refractivity contribution in [1.29, 1.82) is 0 Å². The van der Waals surface area contributed by atoms with E-state index in [1.54, 1.807) is 0 Å². The SMILES string of the molecule is Cc1ccccc1CNCC=Cc1ccccc1. The molecule has 0 heterocycles. The molecule has 0 spiro atoms. The highest BCUT2D eigenvalue weighted by Crippen LogP contribution is 2.06. The molecule has 0 aromatic heterocycles. The second-order valence-corrected chi connectivity index (χ2v) is 4.37. The fourth-order valence-electron chi connectivity index (χ4n) is 1.86. The van der Waals surface area contributed by atoms with E-state index in [1.165, 1.54) is 16.7 Å². The van der Waals surface area contributed by atoms with E-state index in [2.05, 4.69) is 72.9 Å². The lowest BCUT2D eigenvalue weighted by atomic mass is 10.1. The summed E-state index contributed by atoms with van der Waals surface area (Å²) in [4.78, 5) is 0. The quantitative estimate of drug-likeness (QED) is 0.780. The molecule has 2 rings (SSSR count). The summed E-state index contributed by atoms with van der Waals surface area (Å²) in [6.07, 6.45) is 4.30. The maximum atomic E-state index is 3.43. The second kappa shape index (κ2) is 6.77. The van der Waals surface area contributed by atoms with Gasteiger partial charge in [0, 0.05) is 13.1 Å². The molecule has 0 aliphatic carbocycles. The van der Waals surface area contributed by atoms with Gasteiger partial charge in [0.2, 0.25) is 0 Å². The lowest BCUT2D eigenvalue weighted by Crippen LogP contribution is -2.13. The minimum Gasteiger partial charge on any atom is -0.309 e. The standard InChI is InChI=1S/C17H19N/c1-15-8-5-6-12-17(15)14-18-13-7-11-16-9-3-2-4-10-16/h2-12,18H,13-14H2,1H3. The highest BCUT2D eigenvalue weighted by Gasteiger charge is 1.94. The third kappa shape index (κ3) is 3.86. The minimum atomic E-state index is 0.892. The summed E-state index contributed by atoms with van der Waals surface area (Å²) in [5, 5.41) is 3.43. The lowest BCUT2D eigenvalue weighted by molar-refractivity contribution is 0.757. The Kier molecular flexibility index (Phi) is 4.74. The molecule has 18 heavy (non-hydrogen) atoms. The van der Waals surface area contributed by atoms with Gasteiger partial charge in [0.05, 0.1) is 0 Å². The normalized spacial score (nSPS) is 10.9. The molecule has 0 aliphatic rings. The van der Waals surface area contributed by atoms with Crippen molar-refractivity contribution in [3.8, 4) is 0 Å². The van der Waals surface area contributed by atoms with Gasteiger partial charge in [-0.1, -0.05) is 66.7 Å². The van der Waals surface area contributed by atoms with Gasteiger partial charge < -0.3 is 5.32 Å². The summed E-state index contributed by atoms with van der Waals surface area (Å²) >= 11 is 0. The van der Waals surface area contributed by atoms with E-state index in [-0.39, 0.29) is 0 Å². The maximum absolute atomic E-state index is 3.43. The summed E-state index contributed by atoms with van der Waals surface area (Å²) < 4.78 is 0. The average molecular weight is 237 g/mol. The summed E-state index contributed by atoms with van der Waals surface area (Å²) in [5.41, 5.74) is 3.96. The van der Waals surface area contributed by atoms with Crippen LogP contribution in [0.3, 0.4) is 0 Å².